The van der Waals surface area contributed by atoms with E-state index < -0.39 is 39.8 Å². The van der Waals surface area contributed by atoms with E-state index in [1.165, 1.54) is 35.3 Å². The van der Waals surface area contributed by atoms with E-state index in [9.17, 15) is 22.8 Å². The fraction of sp³-hybridized carbons (Fsp3) is 0.200. The highest BCUT2D eigenvalue weighted by atomic mass is 32.2. The standard InChI is InChI=1S/C20H19N7O5S/c1-20(13-5-3-7-15(9-13)27-12-21-24-25-27)18(29)26(19(30)23-20)11-17(28)22-14-6-4-8-16(10-14)33(2,31)32/h3-10,12H,11H2,1-2H3,(H,22,28)(H,23,30). The van der Waals surface area contributed by atoms with Crippen molar-refractivity contribution in [2.45, 2.75) is 17.4 Å². The lowest BCUT2D eigenvalue weighted by Crippen LogP contribution is -2.42. The lowest BCUT2D eigenvalue weighted by Gasteiger charge is -2.22. The van der Waals surface area contributed by atoms with E-state index in [1.807, 2.05) is 0 Å². The molecule has 12 nitrogen and oxygen atoms in total. The third-order valence-corrected chi connectivity index (χ3v) is 6.27. The first-order valence-electron chi connectivity index (χ1n) is 9.66. The molecule has 2 heterocycles. The third-order valence-electron chi connectivity index (χ3n) is 5.16. The van der Waals surface area contributed by atoms with Gasteiger partial charge in [-0.2, -0.15) is 0 Å². The van der Waals surface area contributed by atoms with Crippen LogP contribution in [-0.4, -0.2) is 64.2 Å². The van der Waals surface area contributed by atoms with Gasteiger partial charge in [0.15, 0.2) is 9.84 Å². The number of carbonyl (C=O) groups excluding carboxylic acids is 3. The minimum atomic E-state index is -3.46. The normalized spacial score (nSPS) is 18.3. The number of nitrogens with one attached hydrogen (secondary N) is 2. The molecule has 1 aliphatic rings. The summed E-state index contributed by atoms with van der Waals surface area (Å²) in [6.07, 6.45) is 2.45. The van der Waals surface area contributed by atoms with E-state index in [-0.39, 0.29) is 10.6 Å². The maximum absolute atomic E-state index is 13.1. The third kappa shape index (κ3) is 4.30. The predicted octanol–water partition coefficient (Wildman–Crippen LogP) is 0.471. The Morgan fingerprint density at radius 2 is 1.91 bits per heavy atom. The van der Waals surface area contributed by atoms with Gasteiger partial charge in [0.2, 0.25) is 5.91 Å². The highest BCUT2D eigenvalue weighted by molar-refractivity contribution is 7.90. The van der Waals surface area contributed by atoms with E-state index in [0.29, 0.717) is 11.3 Å². The topological polar surface area (TPSA) is 156 Å². The van der Waals surface area contributed by atoms with Crippen molar-refractivity contribution in [2.24, 2.45) is 0 Å². The van der Waals surface area contributed by atoms with Gasteiger partial charge in [-0.3, -0.25) is 14.5 Å². The second-order valence-corrected chi connectivity index (χ2v) is 9.62. The van der Waals surface area contributed by atoms with E-state index in [4.69, 9.17) is 0 Å². The number of amides is 4. The molecule has 13 heteroatoms. The van der Waals surface area contributed by atoms with Gasteiger partial charge in [-0.05, 0) is 53.2 Å². The number of aromatic nitrogens is 4. The highest BCUT2D eigenvalue weighted by Gasteiger charge is 2.49. The molecule has 1 aliphatic heterocycles. The Bertz CT molecular complexity index is 1360. The van der Waals surface area contributed by atoms with E-state index in [0.717, 1.165) is 11.2 Å². The van der Waals surface area contributed by atoms with Crippen molar-refractivity contribution in [1.82, 2.24) is 30.4 Å². The zero-order valence-corrected chi connectivity index (χ0v) is 18.4. The fourth-order valence-corrected chi connectivity index (χ4v) is 4.09. The summed E-state index contributed by atoms with van der Waals surface area (Å²) in [4.78, 5) is 39.1. The number of nitrogens with zero attached hydrogens (tertiary/aromatic N) is 5. The van der Waals surface area contributed by atoms with Gasteiger partial charge in [0, 0.05) is 11.9 Å². The molecule has 0 aliphatic carbocycles. The minimum absolute atomic E-state index is 0.0327. The molecule has 0 spiro atoms. The Morgan fingerprint density at radius 1 is 1.15 bits per heavy atom. The van der Waals surface area contributed by atoms with Gasteiger partial charge >= 0.3 is 6.03 Å². The number of rotatable bonds is 6. The number of carbonyl (C=O) groups is 3. The van der Waals surface area contributed by atoms with Gasteiger partial charge in [0.1, 0.15) is 18.4 Å². The highest BCUT2D eigenvalue weighted by Crippen LogP contribution is 2.30. The number of hydrogen-bond acceptors (Lipinski definition) is 8. The SMILES string of the molecule is CC1(c2cccc(-n3cnnn3)c2)NC(=O)N(CC(=O)Nc2cccc(S(C)(=O)=O)c2)C1=O. The van der Waals surface area contributed by atoms with Crippen molar-refractivity contribution >= 4 is 33.4 Å². The average molecular weight is 469 g/mol. The maximum Gasteiger partial charge on any atom is 0.325 e. The molecule has 33 heavy (non-hydrogen) atoms. The molecular weight excluding hydrogens is 450 g/mol. The van der Waals surface area contributed by atoms with Gasteiger partial charge in [0.05, 0.1) is 10.6 Å². The van der Waals surface area contributed by atoms with Crippen molar-refractivity contribution < 1.29 is 22.8 Å². The van der Waals surface area contributed by atoms with Crippen molar-refractivity contribution in [3.63, 3.8) is 0 Å². The molecule has 1 fully saturated rings. The fourth-order valence-electron chi connectivity index (χ4n) is 3.42. The van der Waals surface area contributed by atoms with Crippen LogP contribution in [0, 0.1) is 0 Å². The van der Waals surface area contributed by atoms with Crippen LogP contribution in [0.3, 0.4) is 0 Å². The summed E-state index contributed by atoms with van der Waals surface area (Å²) < 4.78 is 24.8. The minimum Gasteiger partial charge on any atom is -0.324 e. The number of imide groups is 1. The first-order valence-corrected chi connectivity index (χ1v) is 11.5. The van der Waals surface area contributed by atoms with Crippen LogP contribution in [0.2, 0.25) is 0 Å². The first-order chi connectivity index (χ1) is 15.6. The molecule has 0 bridgehead atoms. The number of anilines is 1. The van der Waals surface area contributed by atoms with Gasteiger partial charge in [0.25, 0.3) is 5.91 Å². The number of hydrogen-bond donors (Lipinski definition) is 2. The summed E-state index contributed by atoms with van der Waals surface area (Å²) in [5.41, 5.74) is -0.107. The molecule has 1 aromatic heterocycles. The monoisotopic (exact) mass is 469 g/mol. The first kappa shape index (κ1) is 22.1. The summed E-state index contributed by atoms with van der Waals surface area (Å²) in [7, 11) is -3.46. The summed E-state index contributed by atoms with van der Waals surface area (Å²) in [5, 5.41) is 16.1. The zero-order chi connectivity index (χ0) is 23.8. The Balaban J connectivity index is 1.52. The van der Waals surface area contributed by atoms with Crippen LogP contribution in [0.15, 0.2) is 59.8 Å². The molecule has 4 amide bonds. The van der Waals surface area contributed by atoms with Crippen molar-refractivity contribution in [1.29, 1.82) is 0 Å². The van der Waals surface area contributed by atoms with Gasteiger partial charge in [-0.1, -0.05) is 18.2 Å². The lowest BCUT2D eigenvalue weighted by molar-refractivity contribution is -0.133. The quantitative estimate of drug-likeness (QED) is 0.494. The van der Waals surface area contributed by atoms with Gasteiger partial charge < -0.3 is 10.6 Å². The van der Waals surface area contributed by atoms with Gasteiger partial charge in [-0.25, -0.2) is 17.9 Å². The number of sulfone groups is 1. The summed E-state index contributed by atoms with van der Waals surface area (Å²) >= 11 is 0. The molecule has 2 aromatic carbocycles. The summed E-state index contributed by atoms with van der Waals surface area (Å²) in [6.45, 7) is 0.996. The van der Waals surface area contributed by atoms with Crippen LogP contribution < -0.4 is 10.6 Å². The molecule has 4 rings (SSSR count). The second kappa shape index (κ2) is 8.09. The van der Waals surface area contributed by atoms with Crippen LogP contribution in [0.1, 0.15) is 12.5 Å². The van der Waals surface area contributed by atoms with Crippen LogP contribution in [0.4, 0.5) is 10.5 Å². The van der Waals surface area contributed by atoms with Gasteiger partial charge in [-0.15, -0.1) is 5.10 Å². The Hall–Kier alpha value is -4.13. The Labute approximate surface area is 188 Å². The molecule has 170 valence electrons. The number of urea groups is 1. The summed E-state index contributed by atoms with van der Waals surface area (Å²) in [6, 6.07) is 11.7. The molecular formula is C20H19N7O5S. The average Bonchev–Trinajstić information content (AvgIpc) is 3.38. The number of benzene rings is 2. The zero-order valence-electron chi connectivity index (χ0n) is 17.6. The smallest absolute Gasteiger partial charge is 0.324 e. The molecule has 0 saturated carbocycles. The number of tetrazole rings is 1. The van der Waals surface area contributed by atoms with Crippen LogP contribution in [0.5, 0.6) is 0 Å². The molecule has 3 aromatic rings. The van der Waals surface area contributed by atoms with E-state index >= 15 is 0 Å². The molecule has 1 saturated heterocycles. The molecule has 2 N–H and O–H groups in total. The van der Waals surface area contributed by atoms with Crippen molar-refractivity contribution in [3.05, 3.63) is 60.4 Å². The Kier molecular flexibility index (Phi) is 5.41. The lowest BCUT2D eigenvalue weighted by atomic mass is 9.91. The second-order valence-electron chi connectivity index (χ2n) is 7.60. The maximum atomic E-state index is 13.1. The van der Waals surface area contributed by atoms with E-state index in [1.54, 1.807) is 31.2 Å². The van der Waals surface area contributed by atoms with Crippen molar-refractivity contribution in [3.8, 4) is 5.69 Å². The molecule has 1 unspecified atom stereocenters. The van der Waals surface area contributed by atoms with E-state index in [2.05, 4.69) is 26.2 Å². The van der Waals surface area contributed by atoms with Crippen molar-refractivity contribution in [2.75, 3.05) is 18.1 Å². The molecule has 0 radical (unpaired) electrons. The summed E-state index contributed by atoms with van der Waals surface area (Å²) in [5.74, 6) is -1.27. The van der Waals surface area contributed by atoms with Crippen LogP contribution in [-0.2, 0) is 25.0 Å². The Morgan fingerprint density at radius 3 is 2.61 bits per heavy atom. The predicted molar refractivity (Wildman–Crippen MR) is 115 cm³/mol. The molecule has 1 atom stereocenters. The van der Waals surface area contributed by atoms with Crippen LogP contribution in [0.25, 0.3) is 5.69 Å². The van der Waals surface area contributed by atoms with Crippen LogP contribution >= 0.6 is 0 Å². The largest absolute Gasteiger partial charge is 0.325 e.